The number of carbonyl (C=O) groups is 2. The highest BCUT2D eigenvalue weighted by Gasteiger charge is 2.28. The molecule has 328 valence electrons. The number of aromatic nitrogens is 4. The van der Waals surface area contributed by atoms with E-state index in [-0.39, 0.29) is 11.8 Å². The number of amides is 2. The lowest BCUT2D eigenvalue weighted by Crippen LogP contribution is -2.45. The molecule has 6 aromatic rings. The van der Waals surface area contributed by atoms with E-state index in [0.717, 1.165) is 100 Å². The van der Waals surface area contributed by atoms with Gasteiger partial charge in [0, 0.05) is 77.6 Å². The van der Waals surface area contributed by atoms with Gasteiger partial charge in [-0.25, -0.2) is 19.9 Å². The Labute approximate surface area is 371 Å². The van der Waals surface area contributed by atoms with Crippen LogP contribution in [-0.2, 0) is 0 Å². The maximum absolute atomic E-state index is 12.5. The Morgan fingerprint density at radius 3 is 1.70 bits per heavy atom. The topological polar surface area (TPSA) is 149 Å². The number of hydrogen-bond acceptors (Lipinski definition) is 10. The molecule has 5 N–H and O–H groups in total. The Kier molecular flexibility index (Phi) is 13.6. The van der Waals surface area contributed by atoms with Crippen LogP contribution in [-0.4, -0.2) is 94.0 Å². The fourth-order valence-electron chi connectivity index (χ4n) is 8.30. The van der Waals surface area contributed by atoms with Gasteiger partial charge in [0.25, 0.3) is 11.8 Å². The smallest absolute Gasteiger partial charge is 0.251 e. The third kappa shape index (κ3) is 11.3. The Hall–Kier alpha value is -5.98. The van der Waals surface area contributed by atoms with Crippen molar-refractivity contribution in [3.8, 4) is 22.3 Å². The van der Waals surface area contributed by atoms with E-state index in [4.69, 9.17) is 4.98 Å². The number of carbonyl (C=O) groups excluding carboxylic acids is 2. The third-order valence-corrected chi connectivity index (χ3v) is 12.3. The fourth-order valence-corrected chi connectivity index (χ4v) is 8.30. The van der Waals surface area contributed by atoms with E-state index < -0.39 is 0 Å². The molecule has 12 heteroatoms. The number of likely N-dealkylation sites (N-methyl/N-ethyl adjacent to an activating group) is 1. The first-order valence-electron chi connectivity index (χ1n) is 22.7. The number of aryl methyl sites for hydroxylation is 2. The largest absolute Gasteiger partial charge is 0.353 e. The predicted octanol–water partition coefficient (Wildman–Crippen LogP) is 8.69. The van der Waals surface area contributed by atoms with Gasteiger partial charge >= 0.3 is 0 Å². The molecule has 2 heterocycles. The Balaban J connectivity index is 0.000000174. The number of fused-ring (bicyclic) bond motifs is 2. The summed E-state index contributed by atoms with van der Waals surface area (Å²) in [5, 5.41) is 18.3. The highest BCUT2D eigenvalue weighted by Crippen LogP contribution is 2.31. The van der Waals surface area contributed by atoms with Gasteiger partial charge in [-0.05, 0) is 148 Å². The summed E-state index contributed by atoms with van der Waals surface area (Å²) in [6, 6.07) is 26.3. The lowest BCUT2D eigenvalue weighted by molar-refractivity contribution is 0.0942. The van der Waals surface area contributed by atoms with Crippen molar-refractivity contribution in [1.82, 2.24) is 40.8 Å². The average molecular weight is 847 g/mol. The fraction of sp³-hybridized carbons (Fsp3) is 0.412. The Morgan fingerprint density at radius 1 is 0.651 bits per heavy atom. The van der Waals surface area contributed by atoms with Crippen molar-refractivity contribution in [1.29, 1.82) is 0 Å². The molecule has 0 aliphatic heterocycles. The summed E-state index contributed by atoms with van der Waals surface area (Å²) in [6.45, 7) is 10.0. The molecule has 3 aliphatic rings. The average Bonchev–Trinajstić information content (AvgIpc) is 4.24. The molecular weight excluding hydrogens is 785 g/mol. The van der Waals surface area contributed by atoms with Crippen LogP contribution in [0.4, 0.5) is 11.9 Å². The Bertz CT molecular complexity index is 2580. The van der Waals surface area contributed by atoms with Gasteiger partial charge in [-0.1, -0.05) is 51.0 Å². The monoisotopic (exact) mass is 847 g/mol. The molecule has 12 nitrogen and oxygen atoms in total. The second kappa shape index (κ2) is 19.6. The van der Waals surface area contributed by atoms with Crippen molar-refractivity contribution in [2.24, 2.45) is 0 Å². The summed E-state index contributed by atoms with van der Waals surface area (Å²) in [5.41, 5.74) is 9.77. The highest BCUT2D eigenvalue weighted by molar-refractivity contribution is 5.97. The van der Waals surface area contributed by atoms with Crippen molar-refractivity contribution >= 4 is 45.5 Å². The van der Waals surface area contributed by atoms with E-state index in [2.05, 4.69) is 119 Å². The quantitative estimate of drug-likeness (QED) is 0.0675. The normalized spacial score (nSPS) is 17.3. The zero-order valence-electron chi connectivity index (χ0n) is 37.6. The van der Waals surface area contributed by atoms with Gasteiger partial charge in [0.15, 0.2) is 0 Å². The zero-order valence-corrected chi connectivity index (χ0v) is 37.6. The predicted molar refractivity (Wildman–Crippen MR) is 255 cm³/mol. The standard InChI is InChI=1S/C27H33N5O.C24H29N5O/c1-17-8-9-19(26(33)29-21-11-12-21)15-22(17)18-10-13-23-20(14-18)16-28-27(30-23)31-24-6-4-5-7-25(24)32(2)3;1-15(2)25-10-11-26-24-27-14-19-12-17(6-9-22(19)29-24)21-13-18(5-4-16(21)3)23(30)28-20-7-8-20/h8-10,13-16,21,24-25H,4-7,11-12H2,1-3H3,(H,29,33)(H,28,30,31);4-6,9,12-15,20,25H,7-8,10-11H2,1-3H3,(H,28,30)(H,26,27,29)/t24-,25-;/m1./s1. The summed E-state index contributed by atoms with van der Waals surface area (Å²) in [6.07, 6.45) is 13.0. The summed E-state index contributed by atoms with van der Waals surface area (Å²) >= 11 is 0. The summed E-state index contributed by atoms with van der Waals surface area (Å²) in [4.78, 5) is 45.8. The van der Waals surface area contributed by atoms with Crippen LogP contribution < -0.4 is 26.6 Å². The second-order valence-electron chi connectivity index (χ2n) is 18.1. The van der Waals surface area contributed by atoms with Gasteiger partial charge < -0.3 is 31.5 Å². The van der Waals surface area contributed by atoms with Crippen LogP contribution in [0.15, 0.2) is 85.2 Å². The van der Waals surface area contributed by atoms with Crippen LogP contribution >= 0.6 is 0 Å². The number of benzene rings is 4. The maximum atomic E-state index is 12.5. The van der Waals surface area contributed by atoms with E-state index >= 15 is 0 Å². The van der Waals surface area contributed by atoms with E-state index in [9.17, 15) is 9.59 Å². The van der Waals surface area contributed by atoms with Crippen LogP contribution in [0.2, 0.25) is 0 Å². The maximum Gasteiger partial charge on any atom is 0.251 e. The number of nitrogens with one attached hydrogen (secondary N) is 5. The summed E-state index contributed by atoms with van der Waals surface area (Å²) in [5.74, 6) is 1.35. The van der Waals surface area contributed by atoms with Gasteiger partial charge in [-0.2, -0.15) is 0 Å². The molecule has 0 unspecified atom stereocenters. The van der Waals surface area contributed by atoms with Crippen LogP contribution in [0.25, 0.3) is 44.1 Å². The molecule has 0 bridgehead atoms. The molecular formula is C51H62N10O2. The minimum Gasteiger partial charge on any atom is -0.353 e. The highest BCUT2D eigenvalue weighted by atomic mass is 16.2. The van der Waals surface area contributed by atoms with Gasteiger partial charge in [0.2, 0.25) is 11.9 Å². The van der Waals surface area contributed by atoms with E-state index in [1.807, 2.05) is 54.9 Å². The van der Waals surface area contributed by atoms with Gasteiger partial charge in [0.1, 0.15) is 0 Å². The summed E-state index contributed by atoms with van der Waals surface area (Å²) in [7, 11) is 4.31. The minimum absolute atomic E-state index is 0.00513. The van der Waals surface area contributed by atoms with Crippen LogP contribution in [0.5, 0.6) is 0 Å². The summed E-state index contributed by atoms with van der Waals surface area (Å²) < 4.78 is 0. The van der Waals surface area contributed by atoms with Crippen LogP contribution in [0.1, 0.15) is 97.1 Å². The molecule has 2 atom stereocenters. The molecule has 0 saturated heterocycles. The van der Waals surface area contributed by atoms with Gasteiger partial charge in [-0.15, -0.1) is 0 Å². The molecule has 3 aliphatic carbocycles. The van der Waals surface area contributed by atoms with Crippen molar-refractivity contribution in [2.75, 3.05) is 37.8 Å². The van der Waals surface area contributed by atoms with E-state index in [0.29, 0.717) is 53.2 Å². The minimum atomic E-state index is 0.00513. The van der Waals surface area contributed by atoms with Crippen molar-refractivity contribution in [3.63, 3.8) is 0 Å². The van der Waals surface area contributed by atoms with Crippen LogP contribution in [0, 0.1) is 13.8 Å². The number of rotatable bonds is 14. The molecule has 3 fully saturated rings. The molecule has 3 saturated carbocycles. The number of anilines is 2. The number of hydrogen-bond donors (Lipinski definition) is 5. The van der Waals surface area contributed by atoms with Gasteiger partial charge in [-0.3, -0.25) is 9.59 Å². The van der Waals surface area contributed by atoms with Crippen LogP contribution in [0.3, 0.4) is 0 Å². The number of nitrogens with zero attached hydrogens (tertiary/aromatic N) is 5. The zero-order chi connectivity index (χ0) is 44.0. The molecule has 0 radical (unpaired) electrons. The molecule has 2 amide bonds. The molecule has 2 aromatic heterocycles. The third-order valence-electron chi connectivity index (χ3n) is 12.3. The second-order valence-corrected chi connectivity index (χ2v) is 18.1. The SMILES string of the molecule is Cc1ccc(C(=O)NC2CC2)cc1-c1ccc2nc(NCCNC(C)C)ncc2c1.Cc1ccc(C(=O)NC2CC2)cc1-c1ccc2nc(N[C@@H]3CCCC[C@H]3N(C)C)ncc2c1. The first kappa shape index (κ1) is 43.7. The molecule has 0 spiro atoms. The molecule has 9 rings (SSSR count). The lowest BCUT2D eigenvalue weighted by atomic mass is 9.89. The van der Waals surface area contributed by atoms with Crippen molar-refractivity contribution in [2.45, 2.75) is 109 Å². The molecule has 4 aromatic carbocycles. The lowest BCUT2D eigenvalue weighted by Gasteiger charge is -2.36. The van der Waals surface area contributed by atoms with Gasteiger partial charge in [0.05, 0.1) is 11.0 Å². The van der Waals surface area contributed by atoms with Crippen molar-refractivity contribution < 1.29 is 9.59 Å². The first-order chi connectivity index (χ1) is 30.5. The van der Waals surface area contributed by atoms with E-state index in [1.54, 1.807) is 0 Å². The van der Waals surface area contributed by atoms with Crippen molar-refractivity contribution in [3.05, 3.63) is 107 Å². The Morgan fingerprint density at radius 2 is 1.17 bits per heavy atom. The first-order valence-corrected chi connectivity index (χ1v) is 22.7. The van der Waals surface area contributed by atoms with E-state index in [1.165, 1.54) is 19.3 Å². The molecule has 63 heavy (non-hydrogen) atoms.